The lowest BCUT2D eigenvalue weighted by atomic mass is 10.4. The minimum Gasteiger partial charge on any atom is -0.468 e. The lowest BCUT2D eigenvalue weighted by molar-refractivity contribution is 0.0533. The number of furan rings is 1. The highest BCUT2D eigenvalue weighted by Crippen LogP contribution is 2.00. The van der Waals surface area contributed by atoms with Crippen LogP contribution in [0.2, 0.25) is 0 Å². The monoisotopic (exact) mass is 317 g/mol. The van der Waals surface area contributed by atoms with E-state index in [2.05, 4.69) is 10.0 Å². The molecule has 9 heteroatoms. The Hall–Kier alpha value is -1.58. The fourth-order valence-electron chi connectivity index (χ4n) is 1.84. The first kappa shape index (κ1) is 15.8. The normalized spacial score (nSPS) is 15.9. The summed E-state index contributed by atoms with van der Waals surface area (Å²) in [6, 6.07) is 3.11. The Balaban J connectivity index is 1.67. The smallest absolute Gasteiger partial charge is 0.317 e. The third kappa shape index (κ3) is 5.37. The molecule has 2 N–H and O–H groups in total. The van der Waals surface area contributed by atoms with Gasteiger partial charge in [-0.1, -0.05) is 0 Å². The van der Waals surface area contributed by atoms with Crippen LogP contribution >= 0.6 is 0 Å². The third-order valence-corrected chi connectivity index (χ3v) is 4.32. The number of carbonyl (C=O) groups is 1. The number of morpholine rings is 1. The number of ether oxygens (including phenoxy) is 1. The van der Waals surface area contributed by atoms with Crippen molar-refractivity contribution in [3.63, 3.8) is 0 Å². The molecule has 2 amide bonds. The van der Waals surface area contributed by atoms with Crippen molar-refractivity contribution in [2.75, 3.05) is 38.6 Å². The van der Waals surface area contributed by atoms with E-state index in [-0.39, 0.29) is 24.9 Å². The maximum Gasteiger partial charge on any atom is 0.317 e. The molecule has 2 rings (SSSR count). The molecule has 1 aromatic rings. The Morgan fingerprint density at radius 2 is 2.10 bits per heavy atom. The Kier molecular flexibility index (Phi) is 5.59. The van der Waals surface area contributed by atoms with Crippen LogP contribution in [0.25, 0.3) is 0 Å². The molecule has 8 nitrogen and oxygen atoms in total. The second-order valence-corrected chi connectivity index (χ2v) is 6.48. The van der Waals surface area contributed by atoms with Gasteiger partial charge < -0.3 is 19.4 Å². The number of nitrogens with zero attached hydrogens (tertiary/aromatic N) is 1. The van der Waals surface area contributed by atoms with Gasteiger partial charge in [0.25, 0.3) is 0 Å². The van der Waals surface area contributed by atoms with Gasteiger partial charge in [0.05, 0.1) is 31.8 Å². The maximum absolute atomic E-state index is 11.8. The van der Waals surface area contributed by atoms with Crippen LogP contribution in [-0.2, 0) is 21.3 Å². The van der Waals surface area contributed by atoms with Gasteiger partial charge in [0.15, 0.2) is 0 Å². The van der Waals surface area contributed by atoms with Gasteiger partial charge >= 0.3 is 6.03 Å². The van der Waals surface area contributed by atoms with E-state index >= 15 is 0 Å². The molecule has 0 saturated carbocycles. The molecule has 1 aliphatic rings. The molecule has 21 heavy (non-hydrogen) atoms. The van der Waals surface area contributed by atoms with Crippen LogP contribution < -0.4 is 10.0 Å². The van der Waals surface area contributed by atoms with Gasteiger partial charge in [0.2, 0.25) is 10.0 Å². The lowest BCUT2D eigenvalue weighted by Crippen LogP contribution is -2.47. The molecule has 0 aromatic carbocycles. The van der Waals surface area contributed by atoms with E-state index < -0.39 is 10.0 Å². The van der Waals surface area contributed by atoms with Crippen molar-refractivity contribution < 1.29 is 22.4 Å². The van der Waals surface area contributed by atoms with E-state index in [0.717, 1.165) is 0 Å². The first-order valence-electron chi connectivity index (χ1n) is 6.67. The molecule has 1 saturated heterocycles. The average Bonchev–Trinajstić information content (AvgIpc) is 2.99. The van der Waals surface area contributed by atoms with Gasteiger partial charge in [-0.05, 0) is 12.1 Å². The second kappa shape index (κ2) is 7.43. The zero-order chi connectivity index (χ0) is 15.1. The van der Waals surface area contributed by atoms with Crippen molar-refractivity contribution in [1.29, 1.82) is 0 Å². The highest BCUT2D eigenvalue weighted by Gasteiger charge is 2.17. The molecule has 2 heterocycles. The third-order valence-electron chi connectivity index (χ3n) is 2.99. The average molecular weight is 317 g/mol. The molecule has 0 atom stereocenters. The fourth-order valence-corrected chi connectivity index (χ4v) is 2.71. The predicted octanol–water partition coefficient (Wildman–Crippen LogP) is -0.259. The van der Waals surface area contributed by atoms with Crippen LogP contribution in [0.1, 0.15) is 5.76 Å². The Bertz CT molecular complexity index is 537. The molecule has 118 valence electrons. The van der Waals surface area contributed by atoms with Gasteiger partial charge in [-0.15, -0.1) is 0 Å². The first-order valence-corrected chi connectivity index (χ1v) is 8.32. The topological polar surface area (TPSA) is 101 Å². The Morgan fingerprint density at radius 1 is 1.33 bits per heavy atom. The largest absolute Gasteiger partial charge is 0.468 e. The summed E-state index contributed by atoms with van der Waals surface area (Å²) in [6.07, 6.45) is 1.48. The molecule has 0 aliphatic carbocycles. The number of nitrogens with one attached hydrogen (secondary N) is 2. The van der Waals surface area contributed by atoms with Crippen molar-refractivity contribution in [2.45, 2.75) is 6.54 Å². The summed E-state index contributed by atoms with van der Waals surface area (Å²) < 4.78 is 36.1. The van der Waals surface area contributed by atoms with E-state index in [1.165, 1.54) is 6.26 Å². The van der Waals surface area contributed by atoms with E-state index in [4.69, 9.17) is 9.15 Å². The van der Waals surface area contributed by atoms with E-state index in [9.17, 15) is 13.2 Å². The maximum atomic E-state index is 11.8. The van der Waals surface area contributed by atoms with Crippen LogP contribution in [-0.4, -0.2) is 57.9 Å². The van der Waals surface area contributed by atoms with Gasteiger partial charge in [0.1, 0.15) is 5.76 Å². The van der Waals surface area contributed by atoms with Crippen LogP contribution in [0.5, 0.6) is 0 Å². The summed E-state index contributed by atoms with van der Waals surface area (Å²) in [4.78, 5) is 13.4. The number of amides is 2. The number of hydrogen-bond acceptors (Lipinski definition) is 5. The van der Waals surface area contributed by atoms with Gasteiger partial charge in [-0.2, -0.15) is 0 Å². The summed E-state index contributed by atoms with van der Waals surface area (Å²) in [5, 5.41) is 2.59. The molecule has 1 aliphatic heterocycles. The van der Waals surface area contributed by atoms with Crippen LogP contribution in [0.15, 0.2) is 22.8 Å². The summed E-state index contributed by atoms with van der Waals surface area (Å²) >= 11 is 0. The highest BCUT2D eigenvalue weighted by atomic mass is 32.2. The molecular weight excluding hydrogens is 298 g/mol. The number of sulfonamides is 1. The molecule has 0 radical (unpaired) electrons. The van der Waals surface area contributed by atoms with Gasteiger partial charge in [-0.3, -0.25) is 0 Å². The zero-order valence-electron chi connectivity index (χ0n) is 11.6. The number of hydrogen-bond donors (Lipinski definition) is 2. The first-order chi connectivity index (χ1) is 10.1. The quantitative estimate of drug-likeness (QED) is 0.753. The van der Waals surface area contributed by atoms with E-state index in [1.54, 1.807) is 17.0 Å². The van der Waals surface area contributed by atoms with Crippen molar-refractivity contribution in [1.82, 2.24) is 14.9 Å². The van der Waals surface area contributed by atoms with E-state index in [0.29, 0.717) is 32.1 Å². The summed E-state index contributed by atoms with van der Waals surface area (Å²) in [5.74, 6) is 0.361. The second-order valence-electron chi connectivity index (χ2n) is 4.55. The Morgan fingerprint density at radius 3 is 2.76 bits per heavy atom. The standard InChI is InChI=1S/C12H19N3O5S/c16-12(15-4-7-19-8-5-15)13-3-9-21(17,18)14-10-11-2-1-6-20-11/h1-2,6,14H,3-5,7-10H2,(H,13,16). The molecule has 0 spiro atoms. The van der Waals surface area contributed by atoms with Crippen LogP contribution in [0.3, 0.4) is 0 Å². The fraction of sp³-hybridized carbons (Fsp3) is 0.583. The minimum atomic E-state index is -3.45. The highest BCUT2D eigenvalue weighted by molar-refractivity contribution is 7.89. The van der Waals surface area contributed by atoms with Crippen molar-refractivity contribution >= 4 is 16.1 Å². The SMILES string of the molecule is O=C(NCCS(=O)(=O)NCc1ccco1)N1CCOCC1. The summed E-state index contributed by atoms with van der Waals surface area (Å²) in [5.41, 5.74) is 0. The summed E-state index contributed by atoms with van der Waals surface area (Å²) in [7, 11) is -3.45. The Labute approximate surface area is 123 Å². The molecular formula is C12H19N3O5S. The predicted molar refractivity (Wildman–Crippen MR) is 75.1 cm³/mol. The molecule has 1 fully saturated rings. The lowest BCUT2D eigenvalue weighted by Gasteiger charge is -2.26. The summed E-state index contributed by atoms with van der Waals surface area (Å²) in [6.45, 7) is 2.23. The van der Waals surface area contributed by atoms with Crippen molar-refractivity contribution in [3.8, 4) is 0 Å². The number of rotatable bonds is 6. The van der Waals surface area contributed by atoms with E-state index in [1.807, 2.05) is 0 Å². The van der Waals surface area contributed by atoms with Gasteiger partial charge in [0, 0.05) is 19.6 Å². The van der Waals surface area contributed by atoms with Crippen molar-refractivity contribution in [2.24, 2.45) is 0 Å². The number of urea groups is 1. The molecule has 1 aromatic heterocycles. The van der Waals surface area contributed by atoms with Crippen LogP contribution in [0, 0.1) is 0 Å². The zero-order valence-corrected chi connectivity index (χ0v) is 12.4. The van der Waals surface area contributed by atoms with Gasteiger partial charge in [-0.25, -0.2) is 17.9 Å². The van der Waals surface area contributed by atoms with Crippen LogP contribution in [0.4, 0.5) is 4.79 Å². The minimum absolute atomic E-state index is 0.0592. The number of carbonyl (C=O) groups excluding carboxylic acids is 1. The molecule has 0 unspecified atom stereocenters. The molecule has 0 bridgehead atoms. The van der Waals surface area contributed by atoms with Crippen molar-refractivity contribution in [3.05, 3.63) is 24.2 Å².